The number of thiophene rings is 2. The minimum absolute atomic E-state index is 0.624. The zero-order chi connectivity index (χ0) is 38.2. The summed E-state index contributed by atoms with van der Waals surface area (Å²) in [6.45, 7) is 0. The third-order valence-electron chi connectivity index (χ3n) is 11.1. The molecule has 0 amide bonds. The second-order valence-electron chi connectivity index (χ2n) is 14.6. The summed E-state index contributed by atoms with van der Waals surface area (Å²) in [6, 6.07) is 64.3. The van der Waals surface area contributed by atoms with Crippen LogP contribution in [0.5, 0.6) is 0 Å². The summed E-state index contributed by atoms with van der Waals surface area (Å²) in [5, 5.41) is 8.61. The monoisotopic (exact) mass is 774 g/mol. The number of nitrogens with zero attached hydrogens (tertiary/aromatic N) is 4. The quantitative estimate of drug-likeness (QED) is 0.163. The van der Waals surface area contributed by atoms with Gasteiger partial charge in [0.25, 0.3) is 0 Å². The summed E-state index contributed by atoms with van der Waals surface area (Å²) < 4.78 is 5.12. The van der Waals surface area contributed by atoms with Crippen LogP contribution in [-0.2, 0) is 0 Å². The van der Waals surface area contributed by atoms with Crippen LogP contribution in [0.4, 0.5) is 0 Å². The Morgan fingerprint density at radius 1 is 0.328 bits per heavy atom. The molecule has 6 heteroatoms. The fourth-order valence-corrected chi connectivity index (χ4v) is 10.7. The van der Waals surface area contributed by atoms with Gasteiger partial charge in [0, 0.05) is 68.0 Å². The smallest absolute Gasteiger partial charge is 0.164 e. The molecule has 0 aliphatic rings. The zero-order valence-corrected chi connectivity index (χ0v) is 32.6. The minimum atomic E-state index is 0.624. The molecule has 0 saturated heterocycles. The van der Waals surface area contributed by atoms with Crippen molar-refractivity contribution in [1.29, 1.82) is 0 Å². The van der Waals surface area contributed by atoms with E-state index >= 15 is 0 Å². The molecule has 0 N–H and O–H groups in total. The van der Waals surface area contributed by atoms with Crippen LogP contribution in [0.15, 0.2) is 182 Å². The number of hydrogen-bond acceptors (Lipinski definition) is 6. The Hall–Kier alpha value is -7.12. The highest BCUT2D eigenvalue weighted by atomic mass is 32.1. The van der Waals surface area contributed by atoms with Crippen LogP contribution >= 0.6 is 22.7 Å². The van der Waals surface area contributed by atoms with E-state index in [1.807, 2.05) is 53.0 Å². The second kappa shape index (κ2) is 13.2. The predicted molar refractivity (Wildman–Crippen MR) is 246 cm³/mol. The Bertz CT molecular complexity index is 3550. The molecule has 0 bridgehead atoms. The Balaban J connectivity index is 0.964. The van der Waals surface area contributed by atoms with Crippen molar-refractivity contribution in [2.75, 3.05) is 0 Å². The first kappa shape index (κ1) is 33.1. The number of benzene rings is 8. The largest absolute Gasteiger partial charge is 0.247 e. The number of aromatic nitrogens is 4. The van der Waals surface area contributed by atoms with Crippen molar-refractivity contribution in [3.63, 3.8) is 0 Å². The van der Waals surface area contributed by atoms with Gasteiger partial charge in [-0.2, -0.15) is 0 Å². The van der Waals surface area contributed by atoms with Crippen LogP contribution in [0.1, 0.15) is 0 Å². The maximum absolute atomic E-state index is 5.38. The molecule has 0 unspecified atom stereocenters. The second-order valence-corrected chi connectivity index (χ2v) is 16.7. The van der Waals surface area contributed by atoms with E-state index in [1.165, 1.54) is 62.1 Å². The number of rotatable bonds is 5. The summed E-state index contributed by atoms with van der Waals surface area (Å²) in [5.74, 6) is 1.90. The third kappa shape index (κ3) is 5.41. The average Bonchev–Trinajstić information content (AvgIpc) is 3.88. The Morgan fingerprint density at radius 3 is 1.55 bits per heavy atom. The van der Waals surface area contributed by atoms with E-state index in [-0.39, 0.29) is 0 Å². The highest BCUT2D eigenvalue weighted by molar-refractivity contribution is 7.27. The van der Waals surface area contributed by atoms with Crippen LogP contribution in [-0.4, -0.2) is 19.9 Å². The first-order chi connectivity index (χ1) is 28.7. The van der Waals surface area contributed by atoms with Gasteiger partial charge in [-0.25, -0.2) is 19.9 Å². The van der Waals surface area contributed by atoms with E-state index in [0.717, 1.165) is 39.0 Å². The molecule has 0 aliphatic carbocycles. The van der Waals surface area contributed by atoms with Crippen molar-refractivity contribution in [3.8, 4) is 56.5 Å². The number of fused-ring (bicyclic) bond motifs is 9. The standard InChI is InChI=1S/C52H30N4S2/c1-2-11-33(12-3-1)50-54-51(34-25-21-31(22-26-34)38-17-10-18-40-39-15-6-8-19-44(39)57-48(38)40)56-52(55-50)35-27-23-32(24-28-35)47-46-41-16-7-9-20-45(41)58-49(46)42-29-36-13-4-5-14-37(36)30-43(42)53-47/h1-30H. The van der Waals surface area contributed by atoms with Gasteiger partial charge < -0.3 is 0 Å². The lowest BCUT2D eigenvalue weighted by Crippen LogP contribution is -2.00. The van der Waals surface area contributed by atoms with E-state index in [2.05, 4.69) is 152 Å². The van der Waals surface area contributed by atoms with E-state index in [9.17, 15) is 0 Å². The molecule has 0 saturated carbocycles. The lowest BCUT2D eigenvalue weighted by molar-refractivity contribution is 1.07. The zero-order valence-electron chi connectivity index (χ0n) is 30.9. The first-order valence-corrected chi connectivity index (χ1v) is 20.9. The third-order valence-corrected chi connectivity index (χ3v) is 13.5. The summed E-state index contributed by atoms with van der Waals surface area (Å²) in [4.78, 5) is 20.5. The Morgan fingerprint density at radius 2 is 0.845 bits per heavy atom. The number of hydrogen-bond donors (Lipinski definition) is 0. The molecule has 12 rings (SSSR count). The maximum atomic E-state index is 5.38. The molecule has 0 spiro atoms. The highest BCUT2D eigenvalue weighted by Gasteiger charge is 2.18. The van der Waals surface area contributed by atoms with Crippen LogP contribution in [0, 0.1) is 0 Å². The van der Waals surface area contributed by atoms with Crippen LogP contribution in [0.2, 0.25) is 0 Å². The minimum Gasteiger partial charge on any atom is -0.247 e. The molecular weight excluding hydrogens is 745 g/mol. The van der Waals surface area contributed by atoms with Gasteiger partial charge in [0.05, 0.1) is 11.2 Å². The van der Waals surface area contributed by atoms with Crippen LogP contribution in [0.3, 0.4) is 0 Å². The van der Waals surface area contributed by atoms with Gasteiger partial charge >= 0.3 is 0 Å². The van der Waals surface area contributed by atoms with E-state index in [0.29, 0.717) is 17.5 Å². The van der Waals surface area contributed by atoms with Crippen molar-refractivity contribution in [2.24, 2.45) is 0 Å². The molecular formula is C52H30N4S2. The van der Waals surface area contributed by atoms with Gasteiger partial charge in [0.15, 0.2) is 17.5 Å². The Labute approximate surface area is 341 Å². The van der Waals surface area contributed by atoms with Gasteiger partial charge in [-0.05, 0) is 46.2 Å². The van der Waals surface area contributed by atoms with Crippen LogP contribution < -0.4 is 0 Å². The topological polar surface area (TPSA) is 51.6 Å². The van der Waals surface area contributed by atoms with Gasteiger partial charge in [0.2, 0.25) is 0 Å². The first-order valence-electron chi connectivity index (χ1n) is 19.3. The SMILES string of the molecule is c1ccc(-c2nc(-c3ccc(-c4cccc5c4sc4ccccc45)cc3)nc(-c3ccc(-c4nc5cc6ccccc6cc5c5sc6ccccc6c45)cc3)n2)cc1. The average molecular weight is 775 g/mol. The van der Waals surface area contributed by atoms with Gasteiger partial charge in [0.1, 0.15) is 0 Å². The highest BCUT2D eigenvalue weighted by Crippen LogP contribution is 2.44. The number of pyridine rings is 1. The lowest BCUT2D eigenvalue weighted by Gasteiger charge is -2.11. The van der Waals surface area contributed by atoms with Gasteiger partial charge in [-0.15, -0.1) is 22.7 Å². The van der Waals surface area contributed by atoms with Crippen molar-refractivity contribution in [1.82, 2.24) is 19.9 Å². The summed E-state index contributed by atoms with van der Waals surface area (Å²) in [7, 11) is 0. The van der Waals surface area contributed by atoms with Crippen LogP contribution in [0.25, 0.3) is 119 Å². The summed E-state index contributed by atoms with van der Waals surface area (Å²) in [5.41, 5.74) is 8.21. The fourth-order valence-electron chi connectivity index (χ4n) is 8.26. The molecule has 4 aromatic heterocycles. The van der Waals surface area contributed by atoms with Crippen molar-refractivity contribution in [2.45, 2.75) is 0 Å². The van der Waals surface area contributed by atoms with E-state index in [1.54, 1.807) is 0 Å². The molecule has 8 aromatic carbocycles. The Kier molecular flexibility index (Phi) is 7.55. The maximum Gasteiger partial charge on any atom is 0.164 e. The molecule has 12 aromatic rings. The summed E-state index contributed by atoms with van der Waals surface area (Å²) >= 11 is 3.69. The molecule has 4 heterocycles. The summed E-state index contributed by atoms with van der Waals surface area (Å²) in [6.07, 6.45) is 0. The molecule has 0 atom stereocenters. The molecule has 0 radical (unpaired) electrons. The van der Waals surface area contributed by atoms with Crippen molar-refractivity contribution >= 4 is 84.7 Å². The van der Waals surface area contributed by atoms with Gasteiger partial charge in [-0.1, -0.05) is 158 Å². The van der Waals surface area contributed by atoms with Gasteiger partial charge in [-0.3, -0.25) is 0 Å². The normalized spacial score (nSPS) is 11.8. The fraction of sp³-hybridized carbons (Fsp3) is 0. The van der Waals surface area contributed by atoms with E-state index < -0.39 is 0 Å². The molecule has 0 fully saturated rings. The van der Waals surface area contributed by atoms with E-state index in [4.69, 9.17) is 19.9 Å². The molecule has 270 valence electrons. The molecule has 4 nitrogen and oxygen atoms in total. The lowest BCUT2D eigenvalue weighted by atomic mass is 10.00. The van der Waals surface area contributed by atoms with Crippen molar-refractivity contribution in [3.05, 3.63) is 182 Å². The van der Waals surface area contributed by atoms with Crippen molar-refractivity contribution < 1.29 is 0 Å². The predicted octanol–water partition coefficient (Wildman–Crippen LogP) is 14.6. The molecule has 0 aliphatic heterocycles. The molecule has 58 heavy (non-hydrogen) atoms.